The van der Waals surface area contributed by atoms with Crippen LogP contribution in [0.3, 0.4) is 0 Å². The van der Waals surface area contributed by atoms with Crippen LogP contribution in [0.15, 0.2) is 47.5 Å². The van der Waals surface area contributed by atoms with Gasteiger partial charge in [-0.2, -0.15) is 0 Å². The van der Waals surface area contributed by atoms with E-state index >= 15 is 0 Å². The zero-order chi connectivity index (χ0) is 31.8. The molecule has 11 heteroatoms. The standard InChI is InChI=1S/C34H39IN2O8/c1-39-29-19-25-27(36-21-22-10-9-13-37(22)34(25)38)20-30(29)44-15-8-6-5-7-14-43-23-11-12-28(26(35)16-23)45-24-17-31(40-2)33(42-4)32(18-24)41-3/h11-12,16-22H,5-10,13-15H2,1-4H3/t22-/m0/s1. The van der Waals surface area contributed by atoms with E-state index in [9.17, 15) is 4.79 Å². The lowest BCUT2D eigenvalue weighted by Gasteiger charge is -2.20. The quantitative estimate of drug-likeness (QED) is 0.118. The summed E-state index contributed by atoms with van der Waals surface area (Å²) in [5, 5.41) is 0. The van der Waals surface area contributed by atoms with Crippen molar-refractivity contribution in [3.63, 3.8) is 0 Å². The van der Waals surface area contributed by atoms with Crippen molar-refractivity contribution < 1.29 is 38.0 Å². The van der Waals surface area contributed by atoms with Gasteiger partial charge < -0.3 is 38.1 Å². The second-order valence-electron chi connectivity index (χ2n) is 10.7. The second kappa shape index (κ2) is 15.4. The third-order valence-electron chi connectivity index (χ3n) is 7.79. The molecule has 3 aromatic rings. The van der Waals surface area contributed by atoms with Gasteiger partial charge in [-0.25, -0.2) is 0 Å². The maximum absolute atomic E-state index is 13.1. The molecule has 240 valence electrons. The molecule has 1 fully saturated rings. The van der Waals surface area contributed by atoms with E-state index in [0.29, 0.717) is 64.7 Å². The number of benzene rings is 3. The van der Waals surface area contributed by atoms with E-state index in [1.54, 1.807) is 46.6 Å². The first-order chi connectivity index (χ1) is 21.9. The van der Waals surface area contributed by atoms with Crippen LogP contribution in [0.1, 0.15) is 48.9 Å². The number of amides is 1. The van der Waals surface area contributed by atoms with Crippen LogP contribution in [0.4, 0.5) is 5.69 Å². The molecule has 0 bridgehead atoms. The summed E-state index contributed by atoms with van der Waals surface area (Å²) in [6.07, 6.45) is 7.68. The average molecular weight is 731 g/mol. The molecule has 2 aliphatic rings. The van der Waals surface area contributed by atoms with Crippen molar-refractivity contribution in [2.24, 2.45) is 4.99 Å². The molecular weight excluding hydrogens is 691 g/mol. The van der Waals surface area contributed by atoms with E-state index in [-0.39, 0.29) is 11.9 Å². The minimum Gasteiger partial charge on any atom is -0.494 e. The molecule has 0 unspecified atom stereocenters. The molecule has 2 heterocycles. The molecule has 2 aliphatic heterocycles. The van der Waals surface area contributed by atoms with E-state index in [2.05, 4.69) is 27.6 Å². The van der Waals surface area contributed by atoms with Gasteiger partial charge in [0.1, 0.15) is 17.2 Å². The van der Waals surface area contributed by atoms with Gasteiger partial charge in [0.05, 0.1) is 62.5 Å². The van der Waals surface area contributed by atoms with Gasteiger partial charge in [0.15, 0.2) is 23.0 Å². The van der Waals surface area contributed by atoms with Gasteiger partial charge in [0.25, 0.3) is 5.91 Å². The Bertz CT molecular complexity index is 1500. The van der Waals surface area contributed by atoms with Crippen LogP contribution in [0.25, 0.3) is 0 Å². The van der Waals surface area contributed by atoms with E-state index in [1.165, 1.54) is 0 Å². The van der Waals surface area contributed by atoms with Crippen LogP contribution in [0.2, 0.25) is 0 Å². The number of halogens is 1. The minimum atomic E-state index is 0.00621. The summed E-state index contributed by atoms with van der Waals surface area (Å²) in [7, 11) is 6.30. The van der Waals surface area contributed by atoms with Crippen LogP contribution >= 0.6 is 22.6 Å². The zero-order valence-corrected chi connectivity index (χ0v) is 28.3. The van der Waals surface area contributed by atoms with Gasteiger partial charge in [-0.15, -0.1) is 0 Å². The highest BCUT2D eigenvalue weighted by Crippen LogP contribution is 2.43. The molecule has 0 aliphatic carbocycles. The molecule has 0 saturated carbocycles. The number of nitrogens with zero attached hydrogens (tertiary/aromatic N) is 2. The molecule has 0 N–H and O–H groups in total. The Labute approximate surface area is 277 Å². The largest absolute Gasteiger partial charge is 0.494 e. The number of carbonyl (C=O) groups is 1. The summed E-state index contributed by atoms with van der Waals surface area (Å²) in [5.74, 6) is 4.79. The SMILES string of the molecule is COc1cc2c(cc1OCCCCCCOc1ccc(Oc3cc(OC)c(OC)c(OC)c3)c(I)c1)N=C[C@@H]1CCCN1C2=O. The number of rotatable bonds is 15. The minimum absolute atomic E-state index is 0.00621. The Morgan fingerprint density at radius 1 is 0.778 bits per heavy atom. The molecule has 0 radical (unpaired) electrons. The Morgan fingerprint density at radius 2 is 1.49 bits per heavy atom. The number of hydrogen-bond donors (Lipinski definition) is 0. The smallest absolute Gasteiger partial charge is 0.256 e. The first-order valence-corrected chi connectivity index (χ1v) is 16.1. The lowest BCUT2D eigenvalue weighted by atomic mass is 10.1. The van der Waals surface area contributed by atoms with Gasteiger partial charge in [0.2, 0.25) is 5.75 Å². The van der Waals surface area contributed by atoms with Crippen molar-refractivity contribution in [1.82, 2.24) is 4.90 Å². The summed E-state index contributed by atoms with van der Waals surface area (Å²) in [5.41, 5.74) is 1.20. The topological polar surface area (TPSA) is 97.3 Å². The monoisotopic (exact) mass is 730 g/mol. The Kier molecular flexibility index (Phi) is 11.1. The number of hydrogen-bond acceptors (Lipinski definition) is 9. The van der Waals surface area contributed by atoms with Crippen LogP contribution in [0.5, 0.6) is 46.0 Å². The van der Waals surface area contributed by atoms with E-state index in [1.807, 2.05) is 35.4 Å². The van der Waals surface area contributed by atoms with Crippen LogP contribution in [-0.4, -0.2) is 71.3 Å². The van der Waals surface area contributed by atoms with E-state index < -0.39 is 0 Å². The first kappa shape index (κ1) is 32.5. The van der Waals surface area contributed by atoms with Gasteiger partial charge >= 0.3 is 0 Å². The van der Waals surface area contributed by atoms with Crippen molar-refractivity contribution in [2.75, 3.05) is 48.2 Å². The fraction of sp³-hybridized carbons (Fsp3) is 0.412. The van der Waals surface area contributed by atoms with Crippen LogP contribution in [0, 0.1) is 3.57 Å². The third-order valence-corrected chi connectivity index (χ3v) is 8.64. The van der Waals surface area contributed by atoms with Gasteiger partial charge in [-0.3, -0.25) is 9.79 Å². The maximum Gasteiger partial charge on any atom is 0.256 e. The highest BCUT2D eigenvalue weighted by atomic mass is 127. The fourth-order valence-corrected chi connectivity index (χ4v) is 6.04. The third kappa shape index (κ3) is 7.69. The van der Waals surface area contributed by atoms with Crippen molar-refractivity contribution in [1.29, 1.82) is 0 Å². The van der Waals surface area contributed by atoms with Gasteiger partial charge in [-0.05, 0) is 85.4 Å². The first-order valence-electron chi connectivity index (χ1n) is 15.1. The van der Waals surface area contributed by atoms with Gasteiger partial charge in [-0.1, -0.05) is 0 Å². The molecule has 3 aromatic carbocycles. The van der Waals surface area contributed by atoms with Crippen molar-refractivity contribution in [3.05, 3.63) is 51.6 Å². The molecule has 1 atom stereocenters. The highest BCUT2D eigenvalue weighted by molar-refractivity contribution is 14.1. The molecule has 1 saturated heterocycles. The number of methoxy groups -OCH3 is 4. The molecule has 10 nitrogen and oxygen atoms in total. The summed E-state index contributed by atoms with van der Waals surface area (Å²) in [6, 6.07) is 12.9. The molecule has 45 heavy (non-hydrogen) atoms. The molecule has 0 aromatic heterocycles. The second-order valence-corrected chi connectivity index (χ2v) is 11.8. The summed E-state index contributed by atoms with van der Waals surface area (Å²) in [4.78, 5) is 19.6. The fourth-order valence-electron chi connectivity index (χ4n) is 5.45. The van der Waals surface area contributed by atoms with Crippen LogP contribution < -0.4 is 33.2 Å². The lowest BCUT2D eigenvalue weighted by Crippen LogP contribution is -2.35. The normalized spacial score (nSPS) is 15.2. The number of carbonyl (C=O) groups excluding carboxylic acids is 1. The number of ether oxygens (including phenoxy) is 7. The molecule has 0 spiro atoms. The number of fused-ring (bicyclic) bond motifs is 2. The highest BCUT2D eigenvalue weighted by Gasteiger charge is 2.32. The van der Waals surface area contributed by atoms with Crippen LogP contribution in [-0.2, 0) is 0 Å². The average Bonchev–Trinajstić information content (AvgIpc) is 3.49. The summed E-state index contributed by atoms with van der Waals surface area (Å²) in [6.45, 7) is 1.93. The Hall–Kier alpha value is -3.87. The number of unbranched alkanes of at least 4 members (excludes halogenated alkanes) is 3. The molecule has 5 rings (SSSR count). The van der Waals surface area contributed by atoms with E-state index in [0.717, 1.165) is 54.4 Å². The zero-order valence-electron chi connectivity index (χ0n) is 26.1. The van der Waals surface area contributed by atoms with Crippen molar-refractivity contribution >= 4 is 40.4 Å². The van der Waals surface area contributed by atoms with Crippen molar-refractivity contribution in [2.45, 2.75) is 44.6 Å². The predicted molar refractivity (Wildman–Crippen MR) is 180 cm³/mol. The molecule has 1 amide bonds. The van der Waals surface area contributed by atoms with Crippen molar-refractivity contribution in [3.8, 4) is 46.0 Å². The number of aliphatic imine (C=N–C) groups is 1. The van der Waals surface area contributed by atoms with Gasteiger partial charge in [0, 0.05) is 31.0 Å². The summed E-state index contributed by atoms with van der Waals surface area (Å²) < 4.78 is 40.9. The Balaban J connectivity index is 1.05. The predicted octanol–water partition coefficient (Wildman–Crippen LogP) is 7.46. The maximum atomic E-state index is 13.1. The van der Waals surface area contributed by atoms with E-state index in [4.69, 9.17) is 33.2 Å². The molecular formula is C34H39IN2O8. The Morgan fingerprint density at radius 3 is 2.16 bits per heavy atom. The lowest BCUT2D eigenvalue weighted by molar-refractivity contribution is 0.0774. The summed E-state index contributed by atoms with van der Waals surface area (Å²) >= 11 is 2.24.